The van der Waals surface area contributed by atoms with Crippen LogP contribution in [-0.2, 0) is 11.2 Å². The fraction of sp³-hybridized carbons (Fsp3) is 0.462. The number of aliphatic carboxylic acids is 1. The summed E-state index contributed by atoms with van der Waals surface area (Å²) in [5.41, 5.74) is 7.12. The second-order valence-corrected chi connectivity index (χ2v) is 4.64. The second-order valence-electron chi connectivity index (χ2n) is 4.24. The van der Waals surface area contributed by atoms with Crippen molar-refractivity contribution in [1.29, 1.82) is 0 Å². The first kappa shape index (κ1) is 13.8. The minimum absolute atomic E-state index is 0.337. The first-order valence-corrected chi connectivity index (χ1v) is 6.19. The van der Waals surface area contributed by atoms with Gasteiger partial charge < -0.3 is 10.8 Å². The molecule has 0 saturated heterocycles. The van der Waals surface area contributed by atoms with Gasteiger partial charge in [0.05, 0.1) is 16.6 Å². The summed E-state index contributed by atoms with van der Waals surface area (Å²) in [6.07, 6.45) is 3.15. The Balaban J connectivity index is 2.71. The van der Waals surface area contributed by atoms with E-state index in [1.165, 1.54) is 0 Å². The summed E-state index contributed by atoms with van der Waals surface area (Å²) in [6, 6.07) is 5.30. The molecule has 0 radical (unpaired) electrons. The first-order chi connectivity index (χ1) is 8.04. The van der Waals surface area contributed by atoms with Crippen molar-refractivity contribution in [2.75, 3.05) is 5.73 Å². The summed E-state index contributed by atoms with van der Waals surface area (Å²) in [4.78, 5) is 11.1. The Bertz CT molecular complexity index is 393. The minimum Gasteiger partial charge on any atom is -0.481 e. The largest absolute Gasteiger partial charge is 0.481 e. The maximum atomic E-state index is 11.1. The van der Waals surface area contributed by atoms with Crippen molar-refractivity contribution in [3.05, 3.63) is 28.8 Å². The number of carboxylic acids is 1. The Morgan fingerprint density at radius 2 is 2.24 bits per heavy atom. The van der Waals surface area contributed by atoms with Gasteiger partial charge in [-0.2, -0.15) is 0 Å². The normalized spacial score (nSPS) is 12.4. The molecule has 0 unspecified atom stereocenters. The number of halogens is 1. The lowest BCUT2D eigenvalue weighted by Crippen LogP contribution is -2.16. The van der Waals surface area contributed by atoms with E-state index in [4.69, 9.17) is 22.4 Å². The van der Waals surface area contributed by atoms with E-state index in [1.807, 2.05) is 6.07 Å². The van der Waals surface area contributed by atoms with Crippen molar-refractivity contribution >= 4 is 23.3 Å². The maximum Gasteiger partial charge on any atom is 0.306 e. The van der Waals surface area contributed by atoms with Crippen molar-refractivity contribution in [3.63, 3.8) is 0 Å². The van der Waals surface area contributed by atoms with Crippen molar-refractivity contribution < 1.29 is 9.90 Å². The molecule has 0 amide bonds. The van der Waals surface area contributed by atoms with Crippen molar-refractivity contribution in [3.8, 4) is 0 Å². The molecule has 0 aromatic heterocycles. The predicted molar refractivity (Wildman–Crippen MR) is 70.2 cm³/mol. The van der Waals surface area contributed by atoms with Gasteiger partial charge in [-0.1, -0.05) is 37.4 Å². The topological polar surface area (TPSA) is 63.3 Å². The molecule has 1 aromatic rings. The molecule has 3 N–H and O–H groups in total. The lowest BCUT2D eigenvalue weighted by molar-refractivity contribution is -0.141. The summed E-state index contributed by atoms with van der Waals surface area (Å²) >= 11 is 5.82. The SMILES string of the molecule is CCCC[C@H](Cc1ccc(Cl)c(N)c1)C(=O)O. The van der Waals surface area contributed by atoms with Crippen LogP contribution in [0, 0.1) is 5.92 Å². The zero-order chi connectivity index (χ0) is 12.8. The summed E-state index contributed by atoms with van der Waals surface area (Å²) < 4.78 is 0. The number of nitrogen functional groups attached to an aromatic ring is 1. The lowest BCUT2D eigenvalue weighted by atomic mass is 9.94. The molecular formula is C13H18ClNO2. The molecule has 17 heavy (non-hydrogen) atoms. The molecule has 94 valence electrons. The number of hydrogen-bond acceptors (Lipinski definition) is 2. The van der Waals surface area contributed by atoms with Crippen molar-refractivity contribution in [2.45, 2.75) is 32.6 Å². The molecular weight excluding hydrogens is 238 g/mol. The molecule has 0 aliphatic heterocycles. The molecule has 0 fully saturated rings. The summed E-state index contributed by atoms with van der Waals surface area (Å²) in [5.74, 6) is -1.08. The maximum absolute atomic E-state index is 11.1. The van der Waals surface area contributed by atoms with E-state index in [1.54, 1.807) is 12.1 Å². The van der Waals surface area contributed by atoms with Crippen LogP contribution < -0.4 is 5.73 Å². The standard InChI is InChI=1S/C13H18ClNO2/c1-2-3-4-10(13(16)17)7-9-5-6-11(14)12(15)8-9/h5-6,8,10H,2-4,7,15H2,1H3,(H,16,17)/t10-/m1/s1. The molecule has 0 spiro atoms. The summed E-state index contributed by atoms with van der Waals surface area (Å²) in [7, 11) is 0. The highest BCUT2D eigenvalue weighted by Crippen LogP contribution is 2.22. The van der Waals surface area contributed by atoms with E-state index in [2.05, 4.69) is 6.92 Å². The fourth-order valence-electron chi connectivity index (χ4n) is 1.77. The third-order valence-electron chi connectivity index (χ3n) is 2.80. The molecule has 0 bridgehead atoms. The van der Waals surface area contributed by atoms with Gasteiger partial charge in [0, 0.05) is 0 Å². The van der Waals surface area contributed by atoms with Crippen molar-refractivity contribution in [1.82, 2.24) is 0 Å². The van der Waals surface area contributed by atoms with E-state index in [0.717, 1.165) is 18.4 Å². The number of rotatable bonds is 6. The van der Waals surface area contributed by atoms with Crippen LogP contribution in [0.5, 0.6) is 0 Å². The monoisotopic (exact) mass is 255 g/mol. The van der Waals surface area contributed by atoms with Crippen LogP contribution in [0.15, 0.2) is 18.2 Å². The third-order valence-corrected chi connectivity index (χ3v) is 3.14. The van der Waals surface area contributed by atoms with E-state index >= 15 is 0 Å². The lowest BCUT2D eigenvalue weighted by Gasteiger charge is -2.12. The van der Waals surface area contributed by atoms with Gasteiger partial charge >= 0.3 is 5.97 Å². The van der Waals surface area contributed by atoms with E-state index in [9.17, 15) is 4.79 Å². The molecule has 1 aromatic carbocycles. The van der Waals surface area contributed by atoms with Crippen LogP contribution in [0.25, 0.3) is 0 Å². The number of nitrogens with two attached hydrogens (primary N) is 1. The minimum atomic E-state index is -0.744. The van der Waals surface area contributed by atoms with Gasteiger partial charge in [0.25, 0.3) is 0 Å². The van der Waals surface area contributed by atoms with Gasteiger partial charge in [0.15, 0.2) is 0 Å². The van der Waals surface area contributed by atoms with Crippen molar-refractivity contribution in [2.24, 2.45) is 5.92 Å². The fourth-order valence-corrected chi connectivity index (χ4v) is 1.89. The Morgan fingerprint density at radius 1 is 1.53 bits per heavy atom. The summed E-state index contributed by atoms with van der Waals surface area (Å²) in [5, 5.41) is 9.64. The average Bonchev–Trinajstić information content (AvgIpc) is 2.28. The Labute approximate surface area is 107 Å². The molecule has 0 heterocycles. The smallest absolute Gasteiger partial charge is 0.306 e. The molecule has 1 rings (SSSR count). The number of benzene rings is 1. The van der Waals surface area contributed by atoms with Gasteiger partial charge in [0.1, 0.15) is 0 Å². The highest BCUT2D eigenvalue weighted by molar-refractivity contribution is 6.33. The van der Waals surface area contributed by atoms with E-state index < -0.39 is 5.97 Å². The van der Waals surface area contributed by atoms with E-state index in [-0.39, 0.29) is 5.92 Å². The molecule has 1 atom stereocenters. The number of carboxylic acid groups (broad SMARTS) is 1. The number of hydrogen-bond donors (Lipinski definition) is 2. The average molecular weight is 256 g/mol. The molecule has 0 aliphatic rings. The van der Waals surface area contributed by atoms with Gasteiger partial charge in [-0.25, -0.2) is 0 Å². The highest BCUT2D eigenvalue weighted by Gasteiger charge is 2.17. The Kier molecular flexibility index (Phi) is 5.29. The van der Waals surface area contributed by atoms with Crippen LogP contribution in [-0.4, -0.2) is 11.1 Å². The van der Waals surface area contributed by atoms with E-state index in [0.29, 0.717) is 23.6 Å². The number of anilines is 1. The van der Waals surface area contributed by atoms with Gasteiger partial charge in [0.2, 0.25) is 0 Å². The van der Waals surface area contributed by atoms with Gasteiger partial charge in [-0.3, -0.25) is 4.79 Å². The van der Waals surface area contributed by atoms with Crippen LogP contribution in [0.4, 0.5) is 5.69 Å². The quantitative estimate of drug-likeness (QED) is 0.766. The van der Waals surface area contributed by atoms with Crippen LogP contribution in [0.3, 0.4) is 0 Å². The molecule has 0 saturated carbocycles. The first-order valence-electron chi connectivity index (χ1n) is 5.81. The van der Waals surface area contributed by atoms with Gasteiger partial charge in [-0.15, -0.1) is 0 Å². The highest BCUT2D eigenvalue weighted by atomic mass is 35.5. The molecule has 4 heteroatoms. The van der Waals surface area contributed by atoms with Crippen LogP contribution in [0.1, 0.15) is 31.7 Å². The Morgan fingerprint density at radius 3 is 2.76 bits per heavy atom. The Hall–Kier alpha value is -1.22. The predicted octanol–water partition coefficient (Wildman–Crippen LogP) is 3.36. The third kappa shape index (κ3) is 4.27. The second kappa shape index (κ2) is 6.50. The molecule has 0 aliphatic carbocycles. The number of unbranched alkanes of at least 4 members (excludes halogenated alkanes) is 1. The zero-order valence-electron chi connectivity index (χ0n) is 9.95. The number of carbonyl (C=O) groups is 1. The van der Waals surface area contributed by atoms with Gasteiger partial charge in [-0.05, 0) is 30.5 Å². The van der Waals surface area contributed by atoms with Crippen LogP contribution >= 0.6 is 11.6 Å². The van der Waals surface area contributed by atoms with Crippen LogP contribution in [0.2, 0.25) is 5.02 Å². The molecule has 3 nitrogen and oxygen atoms in total. The summed E-state index contributed by atoms with van der Waals surface area (Å²) in [6.45, 7) is 2.05. The zero-order valence-corrected chi connectivity index (χ0v) is 10.7.